The van der Waals surface area contributed by atoms with Gasteiger partial charge in [-0.3, -0.25) is 4.90 Å². The number of ether oxygens (including phenoxy) is 1. The second-order valence-corrected chi connectivity index (χ2v) is 6.17. The molecule has 1 aliphatic carbocycles. The normalized spacial score (nSPS) is 38.2. The molecule has 0 radical (unpaired) electrons. The maximum atomic E-state index is 6.18. The molecule has 3 heteroatoms. The summed E-state index contributed by atoms with van der Waals surface area (Å²) >= 11 is 0. The maximum absolute atomic E-state index is 6.18. The summed E-state index contributed by atoms with van der Waals surface area (Å²) in [5.41, 5.74) is 6.32. The number of nitrogens with two attached hydrogens (primary N) is 1. The number of rotatable bonds is 5. The molecule has 0 aromatic rings. The molecule has 0 bridgehead atoms. The Balaban J connectivity index is 2.06. The fourth-order valence-corrected chi connectivity index (χ4v) is 4.13. The highest BCUT2D eigenvalue weighted by Gasteiger charge is 2.46. The quantitative estimate of drug-likeness (QED) is 0.819. The summed E-state index contributed by atoms with van der Waals surface area (Å²) in [6, 6.07) is 0. The zero-order valence-corrected chi connectivity index (χ0v) is 12.2. The lowest BCUT2D eigenvalue weighted by Crippen LogP contribution is -2.62. The predicted molar refractivity (Wildman–Crippen MR) is 75.6 cm³/mol. The molecule has 1 saturated heterocycles. The molecule has 1 heterocycles. The van der Waals surface area contributed by atoms with Crippen LogP contribution < -0.4 is 5.73 Å². The van der Waals surface area contributed by atoms with Gasteiger partial charge >= 0.3 is 0 Å². The Morgan fingerprint density at radius 1 is 1.33 bits per heavy atom. The molecular weight excluding hydrogens is 224 g/mol. The maximum Gasteiger partial charge on any atom is 0.0767 e. The van der Waals surface area contributed by atoms with Gasteiger partial charge in [0, 0.05) is 20.2 Å². The van der Waals surface area contributed by atoms with Gasteiger partial charge in [-0.2, -0.15) is 0 Å². The van der Waals surface area contributed by atoms with Crippen LogP contribution in [0.4, 0.5) is 0 Å². The summed E-state index contributed by atoms with van der Waals surface area (Å²) in [5.74, 6) is 0.887. The fraction of sp³-hybridized carbons (Fsp3) is 1.00. The Morgan fingerprint density at radius 3 is 2.83 bits per heavy atom. The van der Waals surface area contributed by atoms with E-state index in [-0.39, 0.29) is 5.54 Å². The van der Waals surface area contributed by atoms with Gasteiger partial charge in [0.15, 0.2) is 0 Å². The molecule has 3 nitrogen and oxygen atoms in total. The lowest BCUT2D eigenvalue weighted by atomic mass is 9.77. The van der Waals surface area contributed by atoms with E-state index >= 15 is 0 Å². The Kier molecular flexibility index (Phi) is 5.05. The van der Waals surface area contributed by atoms with E-state index in [1.54, 1.807) is 0 Å². The van der Waals surface area contributed by atoms with Gasteiger partial charge in [-0.25, -0.2) is 0 Å². The number of nitrogens with zero attached hydrogens (tertiary/aromatic N) is 1. The van der Waals surface area contributed by atoms with Crippen molar-refractivity contribution in [1.29, 1.82) is 0 Å². The van der Waals surface area contributed by atoms with E-state index < -0.39 is 0 Å². The molecule has 0 aromatic carbocycles. The second kappa shape index (κ2) is 6.36. The van der Waals surface area contributed by atoms with Crippen LogP contribution in [0.3, 0.4) is 0 Å². The molecule has 18 heavy (non-hydrogen) atoms. The molecule has 2 fully saturated rings. The van der Waals surface area contributed by atoms with Crippen LogP contribution in [0.2, 0.25) is 0 Å². The molecule has 106 valence electrons. The van der Waals surface area contributed by atoms with Crippen LogP contribution in [0.15, 0.2) is 0 Å². The Hall–Kier alpha value is -0.120. The highest BCUT2D eigenvalue weighted by atomic mass is 16.5. The fourth-order valence-electron chi connectivity index (χ4n) is 4.13. The van der Waals surface area contributed by atoms with Crippen LogP contribution in [-0.4, -0.2) is 43.3 Å². The second-order valence-electron chi connectivity index (χ2n) is 6.17. The number of methoxy groups -OCH3 is 1. The minimum Gasteiger partial charge on any atom is -0.379 e. The van der Waals surface area contributed by atoms with Crippen molar-refractivity contribution in [3.05, 3.63) is 0 Å². The molecule has 2 rings (SSSR count). The molecule has 1 aliphatic heterocycles. The summed E-state index contributed by atoms with van der Waals surface area (Å²) in [7, 11) is 1.86. The van der Waals surface area contributed by atoms with Gasteiger partial charge in [-0.1, -0.05) is 26.2 Å². The van der Waals surface area contributed by atoms with Crippen LogP contribution in [-0.2, 0) is 4.74 Å². The molecule has 3 unspecified atom stereocenters. The van der Waals surface area contributed by atoms with Crippen molar-refractivity contribution >= 4 is 0 Å². The molecule has 0 amide bonds. The van der Waals surface area contributed by atoms with Gasteiger partial charge in [0.05, 0.1) is 11.6 Å². The smallest absolute Gasteiger partial charge is 0.0767 e. The van der Waals surface area contributed by atoms with Crippen molar-refractivity contribution in [2.24, 2.45) is 11.7 Å². The van der Waals surface area contributed by atoms with E-state index in [1.165, 1.54) is 58.0 Å². The molecule has 2 aliphatic rings. The van der Waals surface area contributed by atoms with Gasteiger partial charge in [-0.15, -0.1) is 0 Å². The van der Waals surface area contributed by atoms with E-state index in [4.69, 9.17) is 10.5 Å². The van der Waals surface area contributed by atoms with Crippen molar-refractivity contribution in [3.63, 3.8) is 0 Å². The van der Waals surface area contributed by atoms with Gasteiger partial charge in [-0.05, 0) is 38.1 Å². The first kappa shape index (κ1) is 14.3. The first-order valence-corrected chi connectivity index (χ1v) is 7.74. The Bertz CT molecular complexity index is 259. The molecule has 2 N–H and O–H groups in total. The van der Waals surface area contributed by atoms with E-state index in [0.717, 1.165) is 12.5 Å². The van der Waals surface area contributed by atoms with Crippen LogP contribution >= 0.6 is 0 Å². The SMILES string of the molecule is CCCC1CCN(C2(CN)CCCCC2OC)C1. The van der Waals surface area contributed by atoms with Gasteiger partial charge in [0.25, 0.3) is 0 Å². The minimum atomic E-state index is 0.134. The largest absolute Gasteiger partial charge is 0.379 e. The predicted octanol–water partition coefficient (Wildman–Crippen LogP) is 2.39. The molecular formula is C15H30N2O. The molecule has 3 atom stereocenters. The zero-order valence-electron chi connectivity index (χ0n) is 12.2. The standard InChI is InChI=1S/C15H30N2O/c1-3-6-13-8-10-17(11-13)15(12-16)9-5-4-7-14(15)18-2/h13-14H,3-12,16H2,1-2H3. The van der Waals surface area contributed by atoms with E-state index in [9.17, 15) is 0 Å². The van der Waals surface area contributed by atoms with Crippen molar-refractivity contribution in [2.45, 2.75) is 63.5 Å². The topological polar surface area (TPSA) is 38.5 Å². The molecule has 1 saturated carbocycles. The molecule has 0 spiro atoms. The average molecular weight is 254 g/mol. The highest BCUT2D eigenvalue weighted by molar-refractivity contribution is 5.03. The van der Waals surface area contributed by atoms with E-state index in [0.29, 0.717) is 6.10 Å². The minimum absolute atomic E-state index is 0.134. The summed E-state index contributed by atoms with van der Waals surface area (Å²) in [6.07, 6.45) is 9.39. The van der Waals surface area contributed by atoms with Crippen LogP contribution in [0.1, 0.15) is 51.9 Å². The van der Waals surface area contributed by atoms with Crippen LogP contribution in [0, 0.1) is 5.92 Å². The Morgan fingerprint density at radius 2 is 2.17 bits per heavy atom. The summed E-state index contributed by atoms with van der Waals surface area (Å²) in [6.45, 7) is 5.51. The first-order chi connectivity index (χ1) is 8.76. The summed E-state index contributed by atoms with van der Waals surface area (Å²) in [4.78, 5) is 2.67. The number of hydrogen-bond donors (Lipinski definition) is 1. The first-order valence-electron chi connectivity index (χ1n) is 7.74. The van der Waals surface area contributed by atoms with Gasteiger partial charge in [0.1, 0.15) is 0 Å². The van der Waals surface area contributed by atoms with Crippen LogP contribution in [0.25, 0.3) is 0 Å². The number of likely N-dealkylation sites (tertiary alicyclic amines) is 1. The lowest BCUT2D eigenvalue weighted by Gasteiger charge is -2.49. The van der Waals surface area contributed by atoms with E-state index in [1.807, 2.05) is 7.11 Å². The van der Waals surface area contributed by atoms with Crippen molar-refractivity contribution in [3.8, 4) is 0 Å². The monoisotopic (exact) mass is 254 g/mol. The van der Waals surface area contributed by atoms with Crippen molar-refractivity contribution < 1.29 is 4.74 Å². The third-order valence-corrected chi connectivity index (χ3v) is 5.18. The van der Waals surface area contributed by atoms with Crippen molar-refractivity contribution in [1.82, 2.24) is 4.90 Å². The summed E-state index contributed by atoms with van der Waals surface area (Å²) < 4.78 is 5.78. The van der Waals surface area contributed by atoms with E-state index in [2.05, 4.69) is 11.8 Å². The Labute approximate surface area is 112 Å². The van der Waals surface area contributed by atoms with Crippen LogP contribution in [0.5, 0.6) is 0 Å². The van der Waals surface area contributed by atoms with Gasteiger partial charge < -0.3 is 10.5 Å². The van der Waals surface area contributed by atoms with Gasteiger partial charge in [0.2, 0.25) is 0 Å². The highest BCUT2D eigenvalue weighted by Crippen LogP contribution is 2.38. The summed E-state index contributed by atoms with van der Waals surface area (Å²) in [5, 5.41) is 0. The van der Waals surface area contributed by atoms with Crippen molar-refractivity contribution in [2.75, 3.05) is 26.7 Å². The average Bonchev–Trinajstić information content (AvgIpc) is 2.88. The lowest BCUT2D eigenvalue weighted by molar-refractivity contribution is -0.0682. The third-order valence-electron chi connectivity index (χ3n) is 5.18. The number of hydrogen-bond acceptors (Lipinski definition) is 3. The zero-order chi connectivity index (χ0) is 13.0. The molecule has 0 aromatic heterocycles. The third kappa shape index (κ3) is 2.59.